The van der Waals surface area contributed by atoms with Gasteiger partial charge < -0.3 is 25.4 Å². The zero-order chi connectivity index (χ0) is 27.9. The highest BCUT2D eigenvalue weighted by Gasteiger charge is 2.34. The molecule has 0 saturated carbocycles. The first-order chi connectivity index (χ1) is 18.0. The number of hydrogen-bond acceptors (Lipinski definition) is 5. The Hall–Kier alpha value is -4.17. The van der Waals surface area contributed by atoms with Crippen LogP contribution in [0.15, 0.2) is 73.3 Å². The zero-order valence-corrected chi connectivity index (χ0v) is 22.2. The van der Waals surface area contributed by atoms with E-state index >= 15 is 0 Å². The molecule has 8 nitrogen and oxygen atoms in total. The molecular formula is C30H35N3O5. The molecule has 0 heterocycles. The quantitative estimate of drug-likeness (QED) is 0.374. The lowest BCUT2D eigenvalue weighted by atomic mass is 10.00. The molecule has 3 aromatic carbocycles. The van der Waals surface area contributed by atoms with Crippen molar-refractivity contribution in [1.29, 1.82) is 0 Å². The molecule has 2 unspecified atom stereocenters. The molecule has 0 fully saturated rings. The number of ether oxygens (including phenoxy) is 1. The predicted octanol–water partition coefficient (Wildman–Crippen LogP) is 4.90. The number of benzene rings is 3. The van der Waals surface area contributed by atoms with Crippen molar-refractivity contribution in [2.24, 2.45) is 0 Å². The Morgan fingerprint density at radius 2 is 1.74 bits per heavy atom. The van der Waals surface area contributed by atoms with Crippen molar-refractivity contribution in [3.63, 3.8) is 0 Å². The molecule has 0 aliphatic heterocycles. The van der Waals surface area contributed by atoms with Crippen molar-refractivity contribution in [3.05, 3.63) is 84.4 Å². The van der Waals surface area contributed by atoms with Crippen molar-refractivity contribution in [2.45, 2.75) is 45.4 Å². The van der Waals surface area contributed by atoms with Gasteiger partial charge >= 0.3 is 6.09 Å². The second kappa shape index (κ2) is 12.4. The monoisotopic (exact) mass is 517 g/mol. The van der Waals surface area contributed by atoms with Crippen LogP contribution in [-0.4, -0.2) is 52.7 Å². The number of anilines is 1. The maximum Gasteiger partial charge on any atom is 0.408 e. The third-order valence-electron chi connectivity index (χ3n) is 5.77. The highest BCUT2D eigenvalue weighted by molar-refractivity contribution is 6.00. The molecule has 3 aromatic rings. The summed E-state index contributed by atoms with van der Waals surface area (Å²) in [5.74, 6) is -1.01. The zero-order valence-electron chi connectivity index (χ0n) is 22.2. The maximum atomic E-state index is 13.8. The van der Waals surface area contributed by atoms with E-state index in [0.29, 0.717) is 11.3 Å². The minimum Gasteiger partial charge on any atom is -0.444 e. The number of alkyl carbamates (subject to hydrolysis) is 1. The van der Waals surface area contributed by atoms with Crippen LogP contribution in [0.4, 0.5) is 10.5 Å². The first kappa shape index (κ1) is 28.4. The number of fused-ring (bicyclic) bond motifs is 1. The first-order valence-electron chi connectivity index (χ1n) is 12.5. The van der Waals surface area contributed by atoms with Crippen molar-refractivity contribution in [3.8, 4) is 0 Å². The van der Waals surface area contributed by atoms with E-state index in [-0.39, 0.29) is 13.2 Å². The number of rotatable bonds is 9. The molecule has 3 rings (SSSR count). The van der Waals surface area contributed by atoms with E-state index in [1.165, 1.54) is 11.8 Å². The maximum absolute atomic E-state index is 13.8. The van der Waals surface area contributed by atoms with Crippen molar-refractivity contribution in [2.75, 3.05) is 18.5 Å². The van der Waals surface area contributed by atoms with Crippen LogP contribution in [0.1, 0.15) is 44.9 Å². The van der Waals surface area contributed by atoms with E-state index in [1.54, 1.807) is 51.1 Å². The fourth-order valence-corrected chi connectivity index (χ4v) is 4.08. The lowest BCUT2D eigenvalue weighted by Crippen LogP contribution is -2.51. The average molecular weight is 518 g/mol. The number of nitrogens with one attached hydrogen (secondary N) is 2. The van der Waals surface area contributed by atoms with Gasteiger partial charge in [-0.05, 0) is 67.8 Å². The van der Waals surface area contributed by atoms with Gasteiger partial charge in [0.2, 0.25) is 5.91 Å². The Labute approximate surface area is 223 Å². The number of aliphatic hydroxyl groups is 1. The molecular weight excluding hydrogens is 482 g/mol. The van der Waals surface area contributed by atoms with Gasteiger partial charge in [-0.25, -0.2) is 4.79 Å². The van der Waals surface area contributed by atoms with Gasteiger partial charge in [0.1, 0.15) is 17.7 Å². The van der Waals surface area contributed by atoms with Crippen molar-refractivity contribution >= 4 is 40.4 Å². The van der Waals surface area contributed by atoms with Crippen LogP contribution >= 0.6 is 0 Å². The molecule has 0 aromatic heterocycles. The predicted molar refractivity (Wildman–Crippen MR) is 149 cm³/mol. The Bertz CT molecular complexity index is 1310. The molecule has 0 aliphatic rings. The van der Waals surface area contributed by atoms with Crippen LogP contribution < -0.4 is 10.6 Å². The summed E-state index contributed by atoms with van der Waals surface area (Å²) < 4.78 is 5.27. The molecule has 2 atom stereocenters. The molecule has 0 spiro atoms. The highest BCUT2D eigenvalue weighted by Crippen LogP contribution is 2.26. The van der Waals surface area contributed by atoms with Crippen LogP contribution in [0, 0.1) is 0 Å². The van der Waals surface area contributed by atoms with E-state index in [2.05, 4.69) is 17.2 Å². The summed E-state index contributed by atoms with van der Waals surface area (Å²) in [6.07, 6.45) is 0.889. The molecule has 0 saturated heterocycles. The number of amides is 3. The molecule has 0 radical (unpaired) electrons. The van der Waals surface area contributed by atoms with Gasteiger partial charge in [-0.15, -0.1) is 0 Å². The summed E-state index contributed by atoms with van der Waals surface area (Å²) in [7, 11) is 0. The standard InChI is InChI=1S/C30H35N3O5/c1-6-21-10-9-13-24(18-21)26(27(35)32-25-15-14-22-11-7-8-12-23(22)19-25)33(16-17-34)28(36)20(2)31-29(37)38-30(3,4)5/h6-15,18-20,26,34H,1,16-17H2,2-5H3,(H,31,37)(H,32,35). The fourth-order valence-electron chi connectivity index (χ4n) is 4.08. The van der Waals surface area contributed by atoms with Gasteiger partial charge in [-0.3, -0.25) is 9.59 Å². The smallest absolute Gasteiger partial charge is 0.408 e. The summed E-state index contributed by atoms with van der Waals surface area (Å²) in [5.41, 5.74) is 1.12. The molecule has 8 heteroatoms. The highest BCUT2D eigenvalue weighted by atomic mass is 16.6. The van der Waals surface area contributed by atoms with Crippen LogP contribution in [0.25, 0.3) is 16.8 Å². The Balaban J connectivity index is 1.96. The van der Waals surface area contributed by atoms with Gasteiger partial charge in [-0.2, -0.15) is 0 Å². The second-order valence-corrected chi connectivity index (χ2v) is 9.95. The largest absolute Gasteiger partial charge is 0.444 e. The molecule has 3 amide bonds. The van der Waals surface area contributed by atoms with E-state index < -0.39 is 35.6 Å². The van der Waals surface area contributed by atoms with Crippen LogP contribution in [0.2, 0.25) is 0 Å². The van der Waals surface area contributed by atoms with Crippen LogP contribution in [0.5, 0.6) is 0 Å². The van der Waals surface area contributed by atoms with Crippen molar-refractivity contribution < 1.29 is 24.2 Å². The second-order valence-electron chi connectivity index (χ2n) is 9.95. The third-order valence-corrected chi connectivity index (χ3v) is 5.77. The normalized spacial score (nSPS) is 12.8. The molecule has 38 heavy (non-hydrogen) atoms. The van der Waals surface area contributed by atoms with E-state index in [1.807, 2.05) is 42.5 Å². The van der Waals surface area contributed by atoms with Gasteiger partial charge in [0.25, 0.3) is 5.91 Å². The summed E-state index contributed by atoms with van der Waals surface area (Å²) in [5, 5.41) is 17.3. The molecule has 0 aliphatic carbocycles. The minimum absolute atomic E-state index is 0.132. The summed E-state index contributed by atoms with van der Waals surface area (Å²) in [4.78, 5) is 40.9. The first-order valence-corrected chi connectivity index (χ1v) is 12.5. The lowest BCUT2D eigenvalue weighted by molar-refractivity contribution is -0.141. The SMILES string of the molecule is C=Cc1cccc(C(C(=O)Nc2ccc3ccccc3c2)N(CCO)C(=O)C(C)NC(=O)OC(C)(C)C)c1. The Kier molecular flexibility index (Phi) is 9.25. The van der Waals surface area contributed by atoms with Crippen molar-refractivity contribution in [1.82, 2.24) is 10.2 Å². The van der Waals surface area contributed by atoms with Gasteiger partial charge in [0.05, 0.1) is 6.61 Å². The van der Waals surface area contributed by atoms with Gasteiger partial charge in [-0.1, -0.05) is 61.2 Å². The van der Waals surface area contributed by atoms with Crippen LogP contribution in [-0.2, 0) is 14.3 Å². The average Bonchev–Trinajstić information content (AvgIpc) is 2.86. The van der Waals surface area contributed by atoms with Crippen LogP contribution in [0.3, 0.4) is 0 Å². The summed E-state index contributed by atoms with van der Waals surface area (Å²) >= 11 is 0. The minimum atomic E-state index is -1.09. The fraction of sp³-hybridized carbons (Fsp3) is 0.300. The summed E-state index contributed by atoms with van der Waals surface area (Å²) in [6, 6.07) is 18.3. The number of hydrogen-bond donors (Lipinski definition) is 3. The Morgan fingerprint density at radius 3 is 2.39 bits per heavy atom. The van der Waals surface area contributed by atoms with Gasteiger partial charge in [0.15, 0.2) is 0 Å². The number of nitrogens with zero attached hydrogens (tertiary/aromatic N) is 1. The molecule has 3 N–H and O–H groups in total. The van der Waals surface area contributed by atoms with E-state index in [9.17, 15) is 19.5 Å². The third kappa shape index (κ3) is 7.43. The summed E-state index contributed by atoms with van der Waals surface area (Å²) in [6.45, 7) is 9.95. The number of carbonyl (C=O) groups is 3. The Morgan fingerprint density at radius 1 is 1.03 bits per heavy atom. The number of carbonyl (C=O) groups excluding carboxylic acids is 3. The topological polar surface area (TPSA) is 108 Å². The molecule has 200 valence electrons. The van der Waals surface area contributed by atoms with E-state index in [0.717, 1.165) is 16.3 Å². The van der Waals surface area contributed by atoms with Gasteiger partial charge in [0, 0.05) is 12.2 Å². The lowest BCUT2D eigenvalue weighted by Gasteiger charge is -2.33. The molecule has 0 bridgehead atoms. The van der Waals surface area contributed by atoms with E-state index in [4.69, 9.17) is 4.74 Å². The number of aliphatic hydroxyl groups excluding tert-OH is 1.